The third-order valence-electron chi connectivity index (χ3n) is 9.26. The van der Waals surface area contributed by atoms with Crippen molar-refractivity contribution in [2.24, 2.45) is 11.8 Å². The number of carbonyl (C=O) groups is 2. The first-order valence-corrected chi connectivity index (χ1v) is 20.3. The fraction of sp³-hybridized carbons (Fsp3) is 0.951. The van der Waals surface area contributed by atoms with Crippen LogP contribution in [-0.4, -0.2) is 36.4 Å². The zero-order valence-electron chi connectivity index (χ0n) is 31.4. The Morgan fingerprint density at radius 3 is 1.02 bits per heavy atom. The molecule has 5 nitrogen and oxygen atoms in total. The van der Waals surface area contributed by atoms with Crippen molar-refractivity contribution >= 4 is 11.9 Å². The standard InChI is InChI=1S/C41H80O5/c1-37(2)31-27-23-19-15-13-11-9-7-5-6-8-10-12-14-16-22-26-30-34-41(44)46-39(35-42)36-45-40(43)33-29-25-21-18-17-20-24-28-32-38(3)4/h37-39,42H,5-36H2,1-4H3/t39-/m0/s1. The van der Waals surface area contributed by atoms with E-state index >= 15 is 0 Å². The number of aliphatic hydroxyl groups excluding tert-OH is 1. The highest BCUT2D eigenvalue weighted by Gasteiger charge is 2.16. The van der Waals surface area contributed by atoms with E-state index in [9.17, 15) is 14.7 Å². The second kappa shape index (κ2) is 35.2. The van der Waals surface area contributed by atoms with Crippen LogP contribution in [0.5, 0.6) is 0 Å². The molecule has 0 unspecified atom stereocenters. The molecule has 1 N–H and O–H groups in total. The maximum atomic E-state index is 12.2. The van der Waals surface area contributed by atoms with Crippen molar-refractivity contribution in [2.45, 2.75) is 226 Å². The molecule has 0 aliphatic heterocycles. The second-order valence-corrected chi connectivity index (χ2v) is 15.0. The first-order valence-electron chi connectivity index (χ1n) is 20.3. The van der Waals surface area contributed by atoms with Crippen molar-refractivity contribution < 1.29 is 24.2 Å². The van der Waals surface area contributed by atoms with Gasteiger partial charge in [0.15, 0.2) is 6.10 Å². The van der Waals surface area contributed by atoms with Crippen molar-refractivity contribution in [3.05, 3.63) is 0 Å². The Bertz CT molecular complexity index is 647. The minimum absolute atomic E-state index is 0.0593. The van der Waals surface area contributed by atoms with Gasteiger partial charge in [0.1, 0.15) is 6.61 Å². The maximum absolute atomic E-state index is 12.2. The number of ether oxygens (including phenoxy) is 2. The van der Waals surface area contributed by atoms with Gasteiger partial charge in [-0.25, -0.2) is 0 Å². The number of hydrogen-bond acceptors (Lipinski definition) is 5. The summed E-state index contributed by atoms with van der Waals surface area (Å²) in [5.41, 5.74) is 0. The maximum Gasteiger partial charge on any atom is 0.306 e. The van der Waals surface area contributed by atoms with Crippen molar-refractivity contribution in [2.75, 3.05) is 13.2 Å². The molecular weight excluding hydrogens is 572 g/mol. The summed E-state index contributed by atoms with van der Waals surface area (Å²) in [7, 11) is 0. The Morgan fingerprint density at radius 2 is 0.717 bits per heavy atom. The molecular formula is C41H80O5. The SMILES string of the molecule is CC(C)CCCCCCCCCCCCCCCCCCCCC(=O)O[C@@H](CO)COC(=O)CCCCCCCCCCC(C)C. The van der Waals surface area contributed by atoms with Crippen LogP contribution >= 0.6 is 0 Å². The highest BCUT2D eigenvalue weighted by Crippen LogP contribution is 2.16. The Balaban J connectivity index is 3.46. The van der Waals surface area contributed by atoms with Crippen LogP contribution < -0.4 is 0 Å². The van der Waals surface area contributed by atoms with Crippen molar-refractivity contribution in [3.63, 3.8) is 0 Å². The summed E-state index contributed by atoms with van der Waals surface area (Å²) in [6.45, 7) is 8.84. The molecule has 0 saturated heterocycles. The minimum Gasteiger partial charge on any atom is -0.462 e. The Kier molecular flexibility index (Phi) is 34.4. The molecule has 0 aliphatic rings. The normalized spacial score (nSPS) is 12.2. The van der Waals surface area contributed by atoms with Crippen molar-refractivity contribution in [3.8, 4) is 0 Å². The fourth-order valence-electron chi connectivity index (χ4n) is 6.16. The molecule has 0 bridgehead atoms. The highest BCUT2D eigenvalue weighted by molar-refractivity contribution is 5.70. The smallest absolute Gasteiger partial charge is 0.306 e. The van der Waals surface area contributed by atoms with Crippen LogP contribution in [0.4, 0.5) is 0 Å². The molecule has 0 aliphatic carbocycles. The van der Waals surface area contributed by atoms with E-state index in [1.54, 1.807) is 0 Å². The average Bonchev–Trinajstić information content (AvgIpc) is 3.02. The van der Waals surface area contributed by atoms with Crippen LogP contribution in [-0.2, 0) is 19.1 Å². The molecule has 0 radical (unpaired) electrons. The van der Waals surface area contributed by atoms with Crippen LogP contribution in [0.15, 0.2) is 0 Å². The number of hydrogen-bond donors (Lipinski definition) is 1. The van der Waals surface area contributed by atoms with Crippen LogP contribution in [0.2, 0.25) is 0 Å². The fourth-order valence-corrected chi connectivity index (χ4v) is 6.16. The predicted molar refractivity (Wildman–Crippen MR) is 196 cm³/mol. The molecule has 1 atom stereocenters. The van der Waals surface area contributed by atoms with Gasteiger partial charge in [-0.2, -0.15) is 0 Å². The van der Waals surface area contributed by atoms with Gasteiger partial charge in [-0.15, -0.1) is 0 Å². The summed E-state index contributed by atoms with van der Waals surface area (Å²) < 4.78 is 10.6. The van der Waals surface area contributed by atoms with E-state index in [0.717, 1.165) is 50.4 Å². The quantitative estimate of drug-likeness (QED) is 0.0538. The number of unbranched alkanes of at least 4 members (excludes halogenated alkanes) is 24. The van der Waals surface area contributed by atoms with Gasteiger partial charge in [0.2, 0.25) is 0 Å². The van der Waals surface area contributed by atoms with Gasteiger partial charge in [0.25, 0.3) is 0 Å². The molecule has 46 heavy (non-hydrogen) atoms. The summed E-state index contributed by atoms with van der Waals surface area (Å²) in [6, 6.07) is 0. The molecule has 0 saturated carbocycles. The first-order chi connectivity index (χ1) is 22.3. The van der Waals surface area contributed by atoms with Gasteiger partial charge in [0, 0.05) is 12.8 Å². The zero-order valence-corrected chi connectivity index (χ0v) is 31.4. The first kappa shape index (κ1) is 44.9. The monoisotopic (exact) mass is 653 g/mol. The third-order valence-corrected chi connectivity index (χ3v) is 9.26. The third kappa shape index (κ3) is 35.7. The van der Waals surface area contributed by atoms with Gasteiger partial charge in [-0.1, -0.05) is 195 Å². The summed E-state index contributed by atoms with van der Waals surface area (Å²) in [5, 5.41) is 9.54. The van der Waals surface area contributed by atoms with Crippen LogP contribution in [0.1, 0.15) is 220 Å². The topological polar surface area (TPSA) is 72.8 Å². The molecule has 0 aromatic heterocycles. The molecule has 0 heterocycles. The molecule has 0 spiro atoms. The molecule has 0 rings (SSSR count). The summed E-state index contributed by atoms with van der Waals surface area (Å²) in [6.07, 6.45) is 36.1. The molecule has 0 fully saturated rings. The van der Waals surface area contributed by atoms with Crippen molar-refractivity contribution in [1.82, 2.24) is 0 Å². The zero-order chi connectivity index (χ0) is 33.9. The summed E-state index contributed by atoms with van der Waals surface area (Å²) >= 11 is 0. The van der Waals surface area contributed by atoms with E-state index in [0.29, 0.717) is 12.8 Å². The molecule has 274 valence electrons. The van der Waals surface area contributed by atoms with Gasteiger partial charge < -0.3 is 14.6 Å². The molecule has 0 aromatic rings. The van der Waals surface area contributed by atoms with E-state index < -0.39 is 6.10 Å². The van der Waals surface area contributed by atoms with E-state index in [1.165, 1.54) is 141 Å². The number of esters is 2. The number of aliphatic hydroxyl groups is 1. The van der Waals surface area contributed by atoms with Crippen LogP contribution in [0.25, 0.3) is 0 Å². The predicted octanol–water partition coefficient (Wildman–Crippen LogP) is 12.4. The summed E-state index contributed by atoms with van der Waals surface area (Å²) in [4.78, 5) is 24.2. The Labute approximate surface area is 287 Å². The van der Waals surface area contributed by atoms with Gasteiger partial charge in [-0.3, -0.25) is 9.59 Å². The lowest BCUT2D eigenvalue weighted by molar-refractivity contribution is -0.161. The Morgan fingerprint density at radius 1 is 0.435 bits per heavy atom. The summed E-state index contributed by atoms with van der Waals surface area (Å²) in [5.74, 6) is 1.09. The molecule has 0 amide bonds. The number of rotatable bonds is 36. The minimum atomic E-state index is -0.763. The number of carbonyl (C=O) groups excluding carboxylic acids is 2. The largest absolute Gasteiger partial charge is 0.462 e. The molecule has 0 aromatic carbocycles. The highest BCUT2D eigenvalue weighted by atomic mass is 16.6. The second-order valence-electron chi connectivity index (χ2n) is 15.0. The van der Waals surface area contributed by atoms with E-state index in [4.69, 9.17) is 9.47 Å². The van der Waals surface area contributed by atoms with Crippen molar-refractivity contribution in [1.29, 1.82) is 0 Å². The van der Waals surface area contributed by atoms with E-state index in [1.807, 2.05) is 0 Å². The van der Waals surface area contributed by atoms with E-state index in [-0.39, 0.29) is 25.2 Å². The van der Waals surface area contributed by atoms with Crippen LogP contribution in [0, 0.1) is 11.8 Å². The molecule has 5 heteroatoms. The average molecular weight is 653 g/mol. The van der Waals surface area contributed by atoms with E-state index in [2.05, 4.69) is 27.7 Å². The lowest BCUT2D eigenvalue weighted by Crippen LogP contribution is -2.28. The van der Waals surface area contributed by atoms with Crippen LogP contribution in [0.3, 0.4) is 0 Å². The Hall–Kier alpha value is -1.10. The lowest BCUT2D eigenvalue weighted by Gasteiger charge is -2.15. The lowest BCUT2D eigenvalue weighted by atomic mass is 10.0. The van der Waals surface area contributed by atoms with Gasteiger partial charge in [-0.05, 0) is 24.7 Å². The van der Waals surface area contributed by atoms with Gasteiger partial charge >= 0.3 is 11.9 Å². The van der Waals surface area contributed by atoms with Gasteiger partial charge in [0.05, 0.1) is 6.61 Å².